The lowest BCUT2D eigenvalue weighted by molar-refractivity contribution is -0.384. The summed E-state index contributed by atoms with van der Waals surface area (Å²) >= 11 is 0. The van der Waals surface area contributed by atoms with Crippen molar-refractivity contribution < 1.29 is 23.9 Å². The maximum absolute atomic E-state index is 12.4. The monoisotopic (exact) mass is 398 g/mol. The molecule has 0 saturated carbocycles. The largest absolute Gasteiger partial charge is 0.497 e. The van der Waals surface area contributed by atoms with Crippen molar-refractivity contribution in [1.82, 2.24) is 9.78 Å². The maximum Gasteiger partial charge on any atom is 0.296 e. The van der Waals surface area contributed by atoms with Crippen molar-refractivity contribution in [2.45, 2.75) is 6.73 Å². The van der Waals surface area contributed by atoms with Crippen molar-refractivity contribution >= 4 is 17.3 Å². The number of nitrogens with one attached hydrogen (secondary N) is 1. The molecule has 1 N–H and O–H groups in total. The van der Waals surface area contributed by atoms with Crippen LogP contribution in [0.3, 0.4) is 0 Å². The summed E-state index contributed by atoms with van der Waals surface area (Å²) in [4.78, 5) is 23.0. The van der Waals surface area contributed by atoms with Crippen molar-refractivity contribution in [2.75, 3.05) is 19.5 Å². The van der Waals surface area contributed by atoms with Crippen molar-refractivity contribution in [1.29, 1.82) is 0 Å². The molecule has 1 amide bonds. The molecule has 10 heteroatoms. The van der Waals surface area contributed by atoms with Gasteiger partial charge in [-0.25, -0.2) is 4.68 Å². The molecule has 3 rings (SSSR count). The number of benzene rings is 2. The van der Waals surface area contributed by atoms with E-state index in [-0.39, 0.29) is 23.8 Å². The van der Waals surface area contributed by atoms with E-state index in [4.69, 9.17) is 14.2 Å². The topological polar surface area (TPSA) is 118 Å². The van der Waals surface area contributed by atoms with E-state index in [0.717, 1.165) is 0 Å². The number of rotatable bonds is 8. The second kappa shape index (κ2) is 8.74. The van der Waals surface area contributed by atoms with Crippen molar-refractivity contribution in [2.24, 2.45) is 0 Å². The summed E-state index contributed by atoms with van der Waals surface area (Å²) < 4.78 is 17.1. The van der Waals surface area contributed by atoms with Gasteiger partial charge in [0.25, 0.3) is 11.6 Å². The van der Waals surface area contributed by atoms with Gasteiger partial charge < -0.3 is 19.5 Å². The van der Waals surface area contributed by atoms with E-state index in [0.29, 0.717) is 17.2 Å². The second-order valence-corrected chi connectivity index (χ2v) is 5.78. The third kappa shape index (κ3) is 4.80. The van der Waals surface area contributed by atoms with E-state index in [1.807, 2.05) is 0 Å². The van der Waals surface area contributed by atoms with E-state index in [1.54, 1.807) is 37.6 Å². The lowest BCUT2D eigenvalue weighted by Crippen LogP contribution is -2.15. The van der Waals surface area contributed by atoms with Gasteiger partial charge in [0, 0.05) is 6.20 Å². The van der Waals surface area contributed by atoms with E-state index in [1.165, 1.54) is 36.1 Å². The molecule has 2 aromatic carbocycles. The van der Waals surface area contributed by atoms with Crippen LogP contribution in [-0.4, -0.2) is 34.8 Å². The quantitative estimate of drug-likeness (QED) is 0.457. The molecule has 0 aliphatic heterocycles. The average Bonchev–Trinajstić information content (AvgIpc) is 3.22. The van der Waals surface area contributed by atoms with E-state index in [9.17, 15) is 14.9 Å². The number of methoxy groups -OCH3 is 2. The minimum atomic E-state index is -0.598. The van der Waals surface area contributed by atoms with Gasteiger partial charge in [0.05, 0.1) is 25.2 Å². The molecule has 3 aromatic rings. The molecule has 1 heterocycles. The number of ether oxygens (including phenoxy) is 3. The number of hydrogen-bond acceptors (Lipinski definition) is 7. The first-order chi connectivity index (χ1) is 14.0. The fraction of sp³-hybridized carbons (Fsp3) is 0.158. The molecule has 1 aromatic heterocycles. The average molecular weight is 398 g/mol. The van der Waals surface area contributed by atoms with Crippen LogP contribution in [0.5, 0.6) is 17.2 Å². The number of nitro groups is 1. The number of amides is 1. The molecule has 150 valence electrons. The van der Waals surface area contributed by atoms with E-state index >= 15 is 0 Å². The molecule has 0 spiro atoms. The zero-order valence-electron chi connectivity index (χ0n) is 15.7. The smallest absolute Gasteiger partial charge is 0.296 e. The Hall–Kier alpha value is -4.08. The van der Waals surface area contributed by atoms with E-state index in [2.05, 4.69) is 10.4 Å². The van der Waals surface area contributed by atoms with Crippen LogP contribution in [0.15, 0.2) is 54.7 Å². The SMILES string of the molecule is COc1ccc(OCn2ccc(C(=O)Nc3ccc(OC)cc3[N+](=O)[O-])n2)cc1. The van der Waals surface area contributed by atoms with Gasteiger partial charge in [0.2, 0.25) is 0 Å². The van der Waals surface area contributed by atoms with Gasteiger partial charge in [-0.15, -0.1) is 0 Å². The molecule has 0 atom stereocenters. The Morgan fingerprint density at radius 3 is 2.38 bits per heavy atom. The summed E-state index contributed by atoms with van der Waals surface area (Å²) in [6, 6.07) is 12.7. The molecule has 0 aliphatic carbocycles. The molecule has 10 nitrogen and oxygen atoms in total. The van der Waals surface area contributed by atoms with Crippen LogP contribution in [0.25, 0.3) is 0 Å². The first-order valence-corrected chi connectivity index (χ1v) is 8.44. The van der Waals surface area contributed by atoms with Crippen molar-refractivity contribution in [3.05, 3.63) is 70.5 Å². The number of nitro benzene ring substituents is 1. The minimum Gasteiger partial charge on any atom is -0.497 e. The first kappa shape index (κ1) is 19.7. The highest BCUT2D eigenvalue weighted by Crippen LogP contribution is 2.29. The molecule has 0 radical (unpaired) electrons. The third-order valence-electron chi connectivity index (χ3n) is 3.95. The Bertz CT molecular complexity index is 1020. The Morgan fingerprint density at radius 2 is 1.72 bits per heavy atom. The summed E-state index contributed by atoms with van der Waals surface area (Å²) in [7, 11) is 2.98. The van der Waals surface area contributed by atoms with Crippen LogP contribution >= 0.6 is 0 Å². The normalized spacial score (nSPS) is 10.3. The van der Waals surface area contributed by atoms with Gasteiger partial charge in [-0.1, -0.05) is 0 Å². The second-order valence-electron chi connectivity index (χ2n) is 5.78. The molecule has 29 heavy (non-hydrogen) atoms. The molecule has 0 bridgehead atoms. The third-order valence-corrected chi connectivity index (χ3v) is 3.95. The molecule has 0 saturated heterocycles. The Morgan fingerprint density at radius 1 is 1.07 bits per heavy atom. The van der Waals surface area contributed by atoms with Crippen molar-refractivity contribution in [3.8, 4) is 17.2 Å². The number of nitrogens with zero attached hydrogens (tertiary/aromatic N) is 3. The predicted octanol–water partition coefficient (Wildman–Crippen LogP) is 3.10. The van der Waals surface area contributed by atoms with Crippen molar-refractivity contribution in [3.63, 3.8) is 0 Å². The highest BCUT2D eigenvalue weighted by Gasteiger charge is 2.19. The molecule has 0 aliphatic rings. The number of carbonyl (C=O) groups is 1. The maximum atomic E-state index is 12.4. The lowest BCUT2D eigenvalue weighted by atomic mass is 10.2. The molecular weight excluding hydrogens is 380 g/mol. The van der Waals surface area contributed by atoms with Crippen LogP contribution < -0.4 is 19.5 Å². The van der Waals surface area contributed by atoms with Gasteiger partial charge in [-0.05, 0) is 42.5 Å². The highest BCUT2D eigenvalue weighted by atomic mass is 16.6. The first-order valence-electron chi connectivity index (χ1n) is 8.44. The summed E-state index contributed by atoms with van der Waals surface area (Å²) in [5.41, 5.74) is -0.141. The van der Waals surface area contributed by atoms with Crippen LogP contribution in [0.1, 0.15) is 10.5 Å². The summed E-state index contributed by atoms with van der Waals surface area (Å²) in [5.74, 6) is 1.06. The number of aromatic nitrogens is 2. The number of carbonyl (C=O) groups excluding carboxylic acids is 1. The Labute approximate surface area is 165 Å². The molecule has 0 unspecified atom stereocenters. The van der Waals surface area contributed by atoms with Crippen LogP contribution in [0.2, 0.25) is 0 Å². The zero-order chi connectivity index (χ0) is 20.8. The summed E-state index contributed by atoms with van der Waals surface area (Å²) in [5, 5.41) is 17.8. The standard InChI is InChI=1S/C19H18N4O6/c1-27-13-3-5-14(6-4-13)29-12-22-10-9-17(21-22)19(24)20-16-8-7-15(28-2)11-18(16)23(25)26/h3-11H,12H2,1-2H3,(H,20,24). The predicted molar refractivity (Wildman–Crippen MR) is 103 cm³/mol. The number of anilines is 1. The van der Waals surface area contributed by atoms with Gasteiger partial charge in [-0.2, -0.15) is 5.10 Å². The molecule has 0 fully saturated rings. The summed E-state index contributed by atoms with van der Waals surface area (Å²) in [6.45, 7) is 0.0856. The lowest BCUT2D eigenvalue weighted by Gasteiger charge is -2.07. The van der Waals surface area contributed by atoms with Gasteiger partial charge in [0.15, 0.2) is 12.4 Å². The van der Waals surface area contributed by atoms with Gasteiger partial charge in [-0.3, -0.25) is 14.9 Å². The Kier molecular flexibility index (Phi) is 5.93. The van der Waals surface area contributed by atoms with Gasteiger partial charge in [0.1, 0.15) is 22.9 Å². The number of hydrogen-bond donors (Lipinski definition) is 1. The highest BCUT2D eigenvalue weighted by molar-refractivity contribution is 6.04. The Balaban J connectivity index is 1.65. The summed E-state index contributed by atoms with van der Waals surface area (Å²) in [6.07, 6.45) is 1.57. The molecular formula is C19H18N4O6. The van der Waals surface area contributed by atoms with Crippen LogP contribution in [0, 0.1) is 10.1 Å². The van der Waals surface area contributed by atoms with Crippen LogP contribution in [-0.2, 0) is 6.73 Å². The fourth-order valence-corrected chi connectivity index (χ4v) is 2.45. The van der Waals surface area contributed by atoms with E-state index < -0.39 is 10.8 Å². The zero-order valence-corrected chi connectivity index (χ0v) is 15.7. The van der Waals surface area contributed by atoms with Gasteiger partial charge >= 0.3 is 0 Å². The fourth-order valence-electron chi connectivity index (χ4n) is 2.45. The van der Waals surface area contributed by atoms with Crippen LogP contribution in [0.4, 0.5) is 11.4 Å². The minimum absolute atomic E-state index is 0.0461.